The summed E-state index contributed by atoms with van der Waals surface area (Å²) in [5.41, 5.74) is 0.534. The van der Waals surface area contributed by atoms with Crippen molar-refractivity contribution in [3.8, 4) is 0 Å². The molecule has 0 aromatic heterocycles. The number of alkyl halides is 5. The molecule has 0 bridgehead atoms. The molecule has 0 spiro atoms. The lowest BCUT2D eigenvalue weighted by atomic mass is 10.1. The van der Waals surface area contributed by atoms with E-state index in [-0.39, 0.29) is 11.5 Å². The average molecular weight is 326 g/mol. The van der Waals surface area contributed by atoms with E-state index < -0.39 is 24.9 Å². The van der Waals surface area contributed by atoms with E-state index in [0.717, 1.165) is 11.8 Å². The molecule has 7 heteroatoms. The minimum atomic E-state index is -5.16. The van der Waals surface area contributed by atoms with Crippen molar-refractivity contribution < 1.29 is 26.7 Å². The Kier molecular flexibility index (Phi) is 7.14. The maximum atomic E-state index is 13.0. The SMILES string of the molecule is O=C(SCCCCC(F)C(F)C(F)(F)F)c1ccccc1. The van der Waals surface area contributed by atoms with Crippen LogP contribution in [0.15, 0.2) is 30.3 Å². The lowest BCUT2D eigenvalue weighted by molar-refractivity contribution is -0.196. The van der Waals surface area contributed by atoms with Gasteiger partial charge in [-0.3, -0.25) is 4.79 Å². The summed E-state index contributed by atoms with van der Waals surface area (Å²) in [6, 6.07) is 8.53. The third-order valence-corrected chi connectivity index (χ3v) is 3.74. The number of carbonyl (C=O) groups is 1. The largest absolute Gasteiger partial charge is 0.422 e. The Morgan fingerprint density at radius 1 is 1.10 bits per heavy atom. The highest BCUT2D eigenvalue weighted by Crippen LogP contribution is 2.29. The lowest BCUT2D eigenvalue weighted by Gasteiger charge is -2.16. The summed E-state index contributed by atoms with van der Waals surface area (Å²) in [6.07, 6.45) is -11.2. The van der Waals surface area contributed by atoms with E-state index in [1.54, 1.807) is 30.3 Å². The number of hydrogen-bond acceptors (Lipinski definition) is 2. The molecule has 0 aliphatic carbocycles. The van der Waals surface area contributed by atoms with Gasteiger partial charge in [-0.05, 0) is 19.3 Å². The van der Waals surface area contributed by atoms with Crippen molar-refractivity contribution in [3.05, 3.63) is 35.9 Å². The second-order valence-electron chi connectivity index (χ2n) is 4.46. The zero-order valence-corrected chi connectivity index (χ0v) is 11.9. The van der Waals surface area contributed by atoms with Crippen LogP contribution in [-0.2, 0) is 0 Å². The Bertz CT molecular complexity index is 435. The predicted molar refractivity (Wildman–Crippen MR) is 72.9 cm³/mol. The number of rotatable bonds is 7. The fourth-order valence-corrected chi connectivity index (χ4v) is 2.45. The molecule has 0 saturated carbocycles. The van der Waals surface area contributed by atoms with Gasteiger partial charge in [0, 0.05) is 11.3 Å². The molecule has 21 heavy (non-hydrogen) atoms. The van der Waals surface area contributed by atoms with Crippen molar-refractivity contribution in [2.24, 2.45) is 0 Å². The molecule has 1 rings (SSSR count). The van der Waals surface area contributed by atoms with Gasteiger partial charge in [0.25, 0.3) is 0 Å². The number of unbranched alkanes of at least 4 members (excludes halogenated alkanes) is 1. The number of carbonyl (C=O) groups excluding carboxylic acids is 1. The highest BCUT2D eigenvalue weighted by Gasteiger charge is 2.45. The zero-order valence-electron chi connectivity index (χ0n) is 11.1. The number of thioether (sulfide) groups is 1. The third kappa shape index (κ3) is 6.46. The molecule has 0 N–H and O–H groups in total. The second-order valence-corrected chi connectivity index (χ2v) is 5.52. The van der Waals surface area contributed by atoms with Crippen LogP contribution in [0.4, 0.5) is 22.0 Å². The van der Waals surface area contributed by atoms with Crippen molar-refractivity contribution >= 4 is 16.9 Å². The molecule has 0 amide bonds. The second kappa shape index (κ2) is 8.36. The fraction of sp³-hybridized carbons (Fsp3) is 0.500. The molecule has 2 atom stereocenters. The van der Waals surface area contributed by atoms with Gasteiger partial charge in [0.2, 0.25) is 11.3 Å². The first-order valence-corrected chi connectivity index (χ1v) is 7.38. The van der Waals surface area contributed by atoms with E-state index in [9.17, 15) is 26.7 Å². The maximum Gasteiger partial charge on any atom is 0.422 e. The van der Waals surface area contributed by atoms with Crippen LogP contribution in [0, 0.1) is 0 Å². The summed E-state index contributed by atoms with van der Waals surface area (Å²) in [5.74, 6) is 0.365. The molecule has 0 fully saturated rings. The first-order chi connectivity index (χ1) is 9.82. The summed E-state index contributed by atoms with van der Waals surface area (Å²) >= 11 is 1.02. The summed E-state index contributed by atoms with van der Waals surface area (Å²) in [4.78, 5) is 11.7. The van der Waals surface area contributed by atoms with Gasteiger partial charge in [0.15, 0.2) is 0 Å². The van der Waals surface area contributed by atoms with Crippen molar-refractivity contribution in [2.75, 3.05) is 5.75 Å². The van der Waals surface area contributed by atoms with Crippen LogP contribution in [0.3, 0.4) is 0 Å². The van der Waals surface area contributed by atoms with E-state index in [4.69, 9.17) is 0 Å². The normalized spacial score (nSPS) is 14.7. The van der Waals surface area contributed by atoms with Gasteiger partial charge in [0.1, 0.15) is 6.17 Å². The van der Waals surface area contributed by atoms with E-state index in [2.05, 4.69) is 0 Å². The molecule has 0 aliphatic rings. The van der Waals surface area contributed by atoms with Gasteiger partial charge < -0.3 is 0 Å². The number of hydrogen-bond donors (Lipinski definition) is 0. The summed E-state index contributed by atoms with van der Waals surface area (Å²) in [5, 5.41) is -0.147. The van der Waals surface area contributed by atoms with Crippen LogP contribution < -0.4 is 0 Å². The quantitative estimate of drug-likeness (QED) is 0.520. The number of halogens is 5. The van der Waals surface area contributed by atoms with Crippen LogP contribution in [0.2, 0.25) is 0 Å². The summed E-state index contributed by atoms with van der Waals surface area (Å²) in [7, 11) is 0. The van der Waals surface area contributed by atoms with Crippen molar-refractivity contribution in [1.82, 2.24) is 0 Å². The molecule has 0 heterocycles. The third-order valence-electron chi connectivity index (χ3n) is 2.75. The highest BCUT2D eigenvalue weighted by molar-refractivity contribution is 8.14. The molecule has 2 unspecified atom stereocenters. The van der Waals surface area contributed by atoms with Crippen LogP contribution in [0.25, 0.3) is 0 Å². The van der Waals surface area contributed by atoms with E-state index >= 15 is 0 Å². The van der Waals surface area contributed by atoms with Gasteiger partial charge in [-0.2, -0.15) is 13.2 Å². The Labute approximate surface area is 123 Å². The Balaban J connectivity index is 2.19. The average Bonchev–Trinajstić information content (AvgIpc) is 2.45. The van der Waals surface area contributed by atoms with Gasteiger partial charge in [-0.25, -0.2) is 8.78 Å². The molecule has 1 nitrogen and oxygen atoms in total. The van der Waals surface area contributed by atoms with Gasteiger partial charge in [0.05, 0.1) is 0 Å². The van der Waals surface area contributed by atoms with Crippen molar-refractivity contribution in [1.29, 1.82) is 0 Å². The molecule has 0 saturated heterocycles. The molecule has 0 radical (unpaired) electrons. The van der Waals surface area contributed by atoms with Crippen LogP contribution in [-0.4, -0.2) is 29.4 Å². The predicted octanol–water partition coefficient (Wildman–Crippen LogP) is 4.97. The minimum absolute atomic E-state index is 0.104. The molecule has 118 valence electrons. The maximum absolute atomic E-state index is 13.0. The Hall–Kier alpha value is -1.11. The van der Waals surface area contributed by atoms with E-state index in [1.807, 2.05) is 0 Å². The van der Waals surface area contributed by atoms with Gasteiger partial charge in [-0.15, -0.1) is 0 Å². The van der Waals surface area contributed by atoms with E-state index in [0.29, 0.717) is 17.7 Å². The van der Waals surface area contributed by atoms with Crippen molar-refractivity contribution in [2.45, 2.75) is 37.8 Å². The topological polar surface area (TPSA) is 17.1 Å². The molecular weight excluding hydrogens is 311 g/mol. The first kappa shape index (κ1) is 17.9. The van der Waals surface area contributed by atoms with Crippen LogP contribution >= 0.6 is 11.8 Å². The van der Waals surface area contributed by atoms with Gasteiger partial charge >= 0.3 is 6.18 Å². The summed E-state index contributed by atoms with van der Waals surface area (Å²) < 4.78 is 61.3. The Morgan fingerprint density at radius 2 is 1.71 bits per heavy atom. The monoisotopic (exact) mass is 326 g/mol. The van der Waals surface area contributed by atoms with Crippen molar-refractivity contribution in [3.63, 3.8) is 0 Å². The van der Waals surface area contributed by atoms with Crippen LogP contribution in [0.5, 0.6) is 0 Å². The lowest BCUT2D eigenvalue weighted by Crippen LogP contribution is -2.33. The molecule has 0 aliphatic heterocycles. The van der Waals surface area contributed by atoms with E-state index in [1.165, 1.54) is 0 Å². The Morgan fingerprint density at radius 3 is 2.29 bits per heavy atom. The molecular formula is C14H15F5OS. The van der Waals surface area contributed by atoms with Gasteiger partial charge in [-0.1, -0.05) is 42.1 Å². The smallest absolute Gasteiger partial charge is 0.282 e. The van der Waals surface area contributed by atoms with Crippen LogP contribution in [0.1, 0.15) is 29.6 Å². The molecule has 1 aromatic carbocycles. The highest BCUT2D eigenvalue weighted by atomic mass is 32.2. The zero-order chi connectivity index (χ0) is 15.9. The first-order valence-electron chi connectivity index (χ1n) is 6.39. The molecule has 1 aromatic rings. The minimum Gasteiger partial charge on any atom is -0.282 e. The number of benzene rings is 1. The standard InChI is InChI=1S/C14H15F5OS/c15-11(12(16)14(17,18)19)8-4-5-9-21-13(20)10-6-2-1-3-7-10/h1-3,6-7,11-12H,4-5,8-9H2. The fourth-order valence-electron chi connectivity index (χ4n) is 1.62. The summed E-state index contributed by atoms with van der Waals surface area (Å²) in [6.45, 7) is 0.